The van der Waals surface area contributed by atoms with Gasteiger partial charge in [-0.15, -0.1) is 0 Å². The lowest BCUT2D eigenvalue weighted by molar-refractivity contribution is 1.15. The van der Waals surface area contributed by atoms with Crippen molar-refractivity contribution in [1.29, 1.82) is 0 Å². The first-order valence-corrected chi connectivity index (χ1v) is 7.91. The molecule has 6 heteroatoms. The number of imidazole rings is 1. The summed E-state index contributed by atoms with van der Waals surface area (Å²) in [5.41, 5.74) is 4.62. The number of nitrogens with one attached hydrogen (secondary N) is 2. The van der Waals surface area contributed by atoms with Crippen LogP contribution >= 0.6 is 0 Å². The number of hydrogen-bond donors (Lipinski definition) is 2. The van der Waals surface area contributed by atoms with Crippen LogP contribution in [0.4, 0.5) is 5.95 Å². The van der Waals surface area contributed by atoms with Crippen LogP contribution in [0.1, 0.15) is 0 Å². The monoisotopic (exact) mass is 328 g/mol. The first kappa shape index (κ1) is 15.0. The van der Waals surface area contributed by atoms with Crippen molar-refractivity contribution in [3.63, 3.8) is 0 Å². The van der Waals surface area contributed by atoms with Crippen molar-refractivity contribution in [3.05, 3.63) is 67.3 Å². The molecule has 0 fully saturated rings. The number of nitrogens with zero attached hydrogens (tertiary/aromatic N) is 4. The van der Waals surface area contributed by atoms with Crippen LogP contribution in [0.2, 0.25) is 0 Å². The van der Waals surface area contributed by atoms with E-state index < -0.39 is 0 Å². The quantitative estimate of drug-likeness (QED) is 0.598. The highest BCUT2D eigenvalue weighted by atomic mass is 15.1. The fraction of sp³-hybridized carbons (Fsp3) is 0.0526. The predicted octanol–water partition coefficient (Wildman–Crippen LogP) is 3.64. The maximum atomic E-state index is 4.81. The molecule has 0 aliphatic rings. The molecule has 0 atom stereocenters. The first-order valence-electron chi connectivity index (χ1n) is 7.91. The van der Waals surface area contributed by atoms with Crippen molar-refractivity contribution in [2.75, 3.05) is 12.4 Å². The summed E-state index contributed by atoms with van der Waals surface area (Å²) in [6.07, 6.45) is 7.08. The van der Waals surface area contributed by atoms with Gasteiger partial charge in [-0.3, -0.25) is 4.98 Å². The van der Waals surface area contributed by atoms with E-state index in [1.807, 2.05) is 42.5 Å². The van der Waals surface area contributed by atoms with Gasteiger partial charge < -0.3 is 10.3 Å². The second-order valence-electron chi connectivity index (χ2n) is 5.46. The number of aromatic nitrogens is 5. The van der Waals surface area contributed by atoms with Crippen LogP contribution in [-0.2, 0) is 0 Å². The van der Waals surface area contributed by atoms with E-state index in [4.69, 9.17) is 4.98 Å². The molecule has 4 rings (SSSR count). The highest BCUT2D eigenvalue weighted by Crippen LogP contribution is 2.32. The molecule has 0 amide bonds. The summed E-state index contributed by atoms with van der Waals surface area (Å²) in [7, 11) is 1.79. The molecule has 3 heterocycles. The third-order valence-electron chi connectivity index (χ3n) is 3.87. The first-order chi connectivity index (χ1) is 12.3. The van der Waals surface area contributed by atoms with Crippen LogP contribution in [0.25, 0.3) is 33.9 Å². The van der Waals surface area contributed by atoms with Gasteiger partial charge in [0.2, 0.25) is 5.95 Å². The van der Waals surface area contributed by atoms with Gasteiger partial charge in [0.1, 0.15) is 5.82 Å². The Morgan fingerprint density at radius 1 is 0.840 bits per heavy atom. The zero-order valence-corrected chi connectivity index (χ0v) is 13.6. The molecule has 0 radical (unpaired) electrons. The largest absolute Gasteiger partial charge is 0.357 e. The number of aromatic amines is 1. The molecule has 4 aromatic rings. The SMILES string of the molecule is CNc1ncc(-c2nc(-c3ccccc3)[nH]c2-c2ccncc2)cn1. The van der Waals surface area contributed by atoms with Crippen LogP contribution in [0.5, 0.6) is 0 Å². The minimum atomic E-state index is 0.577. The normalized spacial score (nSPS) is 10.6. The Morgan fingerprint density at radius 3 is 2.24 bits per heavy atom. The molecule has 6 nitrogen and oxygen atoms in total. The van der Waals surface area contributed by atoms with Gasteiger partial charge in [-0.2, -0.15) is 0 Å². The number of rotatable bonds is 4. The lowest BCUT2D eigenvalue weighted by Crippen LogP contribution is -1.95. The maximum absolute atomic E-state index is 4.81. The summed E-state index contributed by atoms with van der Waals surface area (Å²) in [6.45, 7) is 0. The van der Waals surface area contributed by atoms with Crippen LogP contribution < -0.4 is 5.32 Å². The van der Waals surface area contributed by atoms with Gasteiger partial charge >= 0.3 is 0 Å². The van der Waals surface area contributed by atoms with E-state index in [2.05, 4.69) is 25.3 Å². The summed E-state index contributed by atoms with van der Waals surface area (Å²) in [5.74, 6) is 1.38. The molecule has 0 saturated carbocycles. The Bertz CT molecular complexity index is 962. The minimum Gasteiger partial charge on any atom is -0.357 e. The Kier molecular flexibility index (Phi) is 3.92. The molecule has 1 aromatic carbocycles. The van der Waals surface area contributed by atoms with Crippen LogP contribution in [-0.4, -0.2) is 32.0 Å². The standard InChI is InChI=1S/C19H16N6/c1-20-19-22-11-15(12-23-19)17-16(13-7-9-21-10-8-13)24-18(25-17)14-5-3-2-4-6-14/h2-12H,1H3,(H,24,25)(H,20,22,23). The molecule has 3 aromatic heterocycles. The van der Waals surface area contributed by atoms with Crippen molar-refractivity contribution in [1.82, 2.24) is 24.9 Å². The Balaban J connectivity index is 1.87. The summed E-state index contributed by atoms with van der Waals surface area (Å²) in [5, 5.41) is 2.92. The third kappa shape index (κ3) is 2.97. The molecular weight excluding hydrogens is 312 g/mol. The number of anilines is 1. The summed E-state index contributed by atoms with van der Waals surface area (Å²) in [6, 6.07) is 13.9. The van der Waals surface area contributed by atoms with Crippen molar-refractivity contribution >= 4 is 5.95 Å². The summed E-state index contributed by atoms with van der Waals surface area (Å²) < 4.78 is 0. The third-order valence-corrected chi connectivity index (χ3v) is 3.87. The van der Waals surface area contributed by atoms with E-state index >= 15 is 0 Å². The smallest absolute Gasteiger partial charge is 0.222 e. The van der Waals surface area contributed by atoms with Crippen molar-refractivity contribution in [3.8, 4) is 33.9 Å². The van der Waals surface area contributed by atoms with Gasteiger partial charge in [-0.25, -0.2) is 15.0 Å². The molecule has 2 N–H and O–H groups in total. The number of H-pyrrole nitrogens is 1. The lowest BCUT2D eigenvalue weighted by Gasteiger charge is -2.03. The Labute approximate surface area is 145 Å². The maximum Gasteiger partial charge on any atom is 0.222 e. The molecule has 0 unspecified atom stereocenters. The average molecular weight is 328 g/mol. The molecule has 0 bridgehead atoms. The minimum absolute atomic E-state index is 0.577. The molecule has 122 valence electrons. The molecule has 0 aliphatic heterocycles. The molecule has 25 heavy (non-hydrogen) atoms. The van der Waals surface area contributed by atoms with Gasteiger partial charge in [0.15, 0.2) is 0 Å². The second-order valence-corrected chi connectivity index (χ2v) is 5.46. The van der Waals surface area contributed by atoms with Crippen molar-refractivity contribution < 1.29 is 0 Å². The molecular formula is C19H16N6. The van der Waals surface area contributed by atoms with E-state index in [9.17, 15) is 0 Å². The molecule has 0 saturated heterocycles. The zero-order valence-electron chi connectivity index (χ0n) is 13.6. The fourth-order valence-electron chi connectivity index (χ4n) is 2.62. The van der Waals surface area contributed by atoms with E-state index in [0.717, 1.165) is 33.9 Å². The van der Waals surface area contributed by atoms with Crippen molar-refractivity contribution in [2.24, 2.45) is 0 Å². The van der Waals surface area contributed by atoms with Crippen LogP contribution in [0.3, 0.4) is 0 Å². The van der Waals surface area contributed by atoms with Gasteiger partial charge in [-0.05, 0) is 12.1 Å². The Morgan fingerprint density at radius 2 is 1.56 bits per heavy atom. The van der Waals surface area contributed by atoms with Crippen LogP contribution in [0, 0.1) is 0 Å². The average Bonchev–Trinajstić information content (AvgIpc) is 3.15. The van der Waals surface area contributed by atoms with Gasteiger partial charge in [0.05, 0.1) is 11.4 Å². The van der Waals surface area contributed by atoms with Gasteiger partial charge in [0, 0.05) is 48.5 Å². The van der Waals surface area contributed by atoms with E-state index in [1.54, 1.807) is 31.8 Å². The van der Waals surface area contributed by atoms with E-state index in [1.165, 1.54) is 0 Å². The van der Waals surface area contributed by atoms with Crippen molar-refractivity contribution in [2.45, 2.75) is 0 Å². The predicted molar refractivity (Wildman–Crippen MR) is 97.8 cm³/mol. The van der Waals surface area contributed by atoms with Crippen LogP contribution in [0.15, 0.2) is 67.3 Å². The Hall–Kier alpha value is -3.54. The number of benzene rings is 1. The molecule has 0 aliphatic carbocycles. The number of pyridine rings is 1. The van der Waals surface area contributed by atoms with E-state index in [0.29, 0.717) is 5.95 Å². The summed E-state index contributed by atoms with van der Waals surface area (Å²) in [4.78, 5) is 20.9. The van der Waals surface area contributed by atoms with E-state index in [-0.39, 0.29) is 0 Å². The summed E-state index contributed by atoms with van der Waals surface area (Å²) >= 11 is 0. The highest BCUT2D eigenvalue weighted by Gasteiger charge is 2.15. The highest BCUT2D eigenvalue weighted by molar-refractivity contribution is 5.80. The zero-order chi connectivity index (χ0) is 17.1. The lowest BCUT2D eigenvalue weighted by atomic mass is 10.1. The fourth-order valence-corrected chi connectivity index (χ4v) is 2.62. The molecule has 0 spiro atoms. The van der Waals surface area contributed by atoms with Gasteiger partial charge in [-0.1, -0.05) is 30.3 Å². The van der Waals surface area contributed by atoms with Gasteiger partial charge in [0.25, 0.3) is 0 Å². The second kappa shape index (κ2) is 6.52. The topological polar surface area (TPSA) is 79.4 Å². The number of hydrogen-bond acceptors (Lipinski definition) is 5.